The van der Waals surface area contributed by atoms with E-state index in [1.54, 1.807) is 9.80 Å². The van der Waals surface area contributed by atoms with E-state index < -0.39 is 16.1 Å². The first kappa shape index (κ1) is 24.1. The second-order valence-corrected chi connectivity index (χ2v) is 12.5. The molecule has 9 nitrogen and oxygen atoms in total. The van der Waals surface area contributed by atoms with Crippen LogP contribution in [-0.4, -0.2) is 59.4 Å². The summed E-state index contributed by atoms with van der Waals surface area (Å²) in [4.78, 5) is 29.7. The van der Waals surface area contributed by atoms with Crippen LogP contribution >= 0.6 is 11.3 Å². The molecule has 2 amide bonds. The van der Waals surface area contributed by atoms with Gasteiger partial charge in [-0.2, -0.15) is 5.10 Å². The maximum absolute atomic E-state index is 13.6. The summed E-state index contributed by atoms with van der Waals surface area (Å²) in [5.41, 5.74) is 5.51. The molecule has 3 aliphatic rings. The Labute approximate surface area is 219 Å². The number of sulfonamides is 1. The average Bonchev–Trinajstić information content (AvgIpc) is 3.54. The summed E-state index contributed by atoms with van der Waals surface area (Å²) in [5, 5.41) is 11.8. The Bertz CT molecular complexity index is 1520. The normalized spacial score (nSPS) is 19.3. The zero-order valence-corrected chi connectivity index (χ0v) is 21.8. The number of primary sulfonamides is 1. The molecule has 0 spiro atoms. The van der Waals surface area contributed by atoms with Gasteiger partial charge in [0.2, 0.25) is 15.9 Å². The van der Waals surface area contributed by atoms with Crippen LogP contribution in [0.15, 0.2) is 52.6 Å². The summed E-state index contributed by atoms with van der Waals surface area (Å²) in [5.74, 6) is 0.188. The molecule has 37 heavy (non-hydrogen) atoms. The number of amides is 2. The maximum atomic E-state index is 13.6. The fraction of sp³-hybridized carbons (Fsp3) is 0.346. The second kappa shape index (κ2) is 8.93. The first-order chi connectivity index (χ1) is 17.7. The third-order valence-corrected chi connectivity index (χ3v) is 9.83. The smallest absolute Gasteiger partial charge is 0.255 e. The van der Waals surface area contributed by atoms with Crippen molar-refractivity contribution in [2.75, 3.05) is 19.6 Å². The molecule has 1 aromatic carbocycles. The molecule has 1 saturated carbocycles. The predicted molar refractivity (Wildman–Crippen MR) is 139 cm³/mol. The van der Waals surface area contributed by atoms with E-state index in [1.165, 1.54) is 35.9 Å². The minimum absolute atomic E-state index is 0.0546. The highest BCUT2D eigenvalue weighted by Gasteiger charge is 2.40. The summed E-state index contributed by atoms with van der Waals surface area (Å²) in [7, 11) is -3.90. The van der Waals surface area contributed by atoms with Gasteiger partial charge in [0.25, 0.3) is 5.91 Å². The number of hydrogen-bond acceptors (Lipinski definition) is 6. The zero-order valence-electron chi connectivity index (χ0n) is 20.2. The van der Waals surface area contributed by atoms with Gasteiger partial charge in [-0.1, -0.05) is 18.7 Å². The van der Waals surface area contributed by atoms with Gasteiger partial charge in [0.15, 0.2) is 0 Å². The molecule has 2 aliphatic heterocycles. The lowest BCUT2D eigenvalue weighted by atomic mass is 9.95. The minimum Gasteiger partial charge on any atom is -0.336 e. The number of aromatic nitrogens is 2. The number of hydrogen-bond donors (Lipinski definition) is 1. The molecular formula is C26H27N5O4S2. The first-order valence-electron chi connectivity index (χ1n) is 12.3. The van der Waals surface area contributed by atoms with Crippen molar-refractivity contribution in [1.29, 1.82) is 0 Å². The van der Waals surface area contributed by atoms with Crippen molar-refractivity contribution in [1.82, 2.24) is 19.6 Å². The van der Waals surface area contributed by atoms with Gasteiger partial charge in [-0.25, -0.2) is 18.2 Å². The lowest BCUT2D eigenvalue weighted by Crippen LogP contribution is -2.45. The monoisotopic (exact) mass is 537 g/mol. The Morgan fingerprint density at radius 1 is 1.14 bits per heavy atom. The Morgan fingerprint density at radius 3 is 2.54 bits per heavy atom. The molecule has 0 radical (unpaired) electrons. The van der Waals surface area contributed by atoms with Gasteiger partial charge in [-0.05, 0) is 48.6 Å². The summed E-state index contributed by atoms with van der Waals surface area (Å²) >= 11 is 0.928. The second-order valence-electron chi connectivity index (χ2n) is 9.79. The fourth-order valence-corrected chi connectivity index (χ4v) is 7.01. The Hall–Kier alpha value is -3.28. The quantitative estimate of drug-likeness (QED) is 0.502. The van der Waals surface area contributed by atoms with Gasteiger partial charge in [0.1, 0.15) is 4.21 Å². The summed E-state index contributed by atoms with van der Waals surface area (Å²) in [6.07, 6.45) is 4.94. The third-order valence-electron chi connectivity index (χ3n) is 7.45. The molecule has 0 bridgehead atoms. The van der Waals surface area contributed by atoms with Crippen molar-refractivity contribution >= 4 is 33.2 Å². The van der Waals surface area contributed by atoms with Crippen molar-refractivity contribution in [2.24, 2.45) is 5.14 Å². The third kappa shape index (κ3) is 4.30. The van der Waals surface area contributed by atoms with Crippen LogP contribution in [0.3, 0.4) is 0 Å². The highest BCUT2D eigenvalue weighted by Crippen LogP contribution is 2.41. The fourth-order valence-electron chi connectivity index (χ4n) is 5.43. The largest absolute Gasteiger partial charge is 0.336 e. The van der Waals surface area contributed by atoms with Crippen molar-refractivity contribution in [2.45, 2.75) is 41.9 Å². The van der Waals surface area contributed by atoms with Crippen molar-refractivity contribution in [3.05, 3.63) is 76.4 Å². The molecule has 192 valence electrons. The highest BCUT2D eigenvalue weighted by atomic mass is 32.2. The van der Waals surface area contributed by atoms with Crippen LogP contribution < -0.4 is 5.14 Å². The molecule has 3 aromatic rings. The van der Waals surface area contributed by atoms with Crippen molar-refractivity contribution in [3.8, 4) is 5.69 Å². The van der Waals surface area contributed by atoms with E-state index in [2.05, 4.69) is 30.8 Å². The summed E-state index contributed by atoms with van der Waals surface area (Å²) in [6, 6.07) is 9.48. The summed E-state index contributed by atoms with van der Waals surface area (Å²) in [6.45, 7) is 4.84. The molecule has 0 saturated heterocycles. The number of thiophene rings is 1. The molecule has 2 N–H and O–H groups in total. The minimum atomic E-state index is -3.90. The van der Waals surface area contributed by atoms with Crippen LogP contribution in [0.2, 0.25) is 0 Å². The number of carbonyl (C=O) groups excluding carboxylic acids is 2. The van der Waals surface area contributed by atoms with Gasteiger partial charge in [0, 0.05) is 43.4 Å². The van der Waals surface area contributed by atoms with Crippen LogP contribution in [0.25, 0.3) is 5.69 Å². The van der Waals surface area contributed by atoms with Gasteiger partial charge in [0.05, 0.1) is 28.7 Å². The van der Waals surface area contributed by atoms with E-state index in [9.17, 15) is 18.0 Å². The zero-order chi connectivity index (χ0) is 25.9. The van der Waals surface area contributed by atoms with Crippen LogP contribution in [-0.2, 0) is 27.7 Å². The first-order valence-corrected chi connectivity index (χ1v) is 14.7. The number of carbonyl (C=O) groups is 2. The molecule has 4 heterocycles. The molecule has 0 unspecified atom stereocenters. The van der Waals surface area contributed by atoms with Gasteiger partial charge in [-0.15, -0.1) is 11.3 Å². The molecular weight excluding hydrogens is 510 g/mol. The molecule has 2 aromatic heterocycles. The topological polar surface area (TPSA) is 119 Å². The summed E-state index contributed by atoms with van der Waals surface area (Å²) < 4.78 is 25.5. The maximum Gasteiger partial charge on any atom is 0.255 e. The SMILES string of the molecule is C=CC(=O)N1CCc2nn(-c3ccc(C4CC4)cc3)c3c2[C@@H](C1)N(C(=O)c1csc(S(N)(=O)=O)c1)CC3. The molecule has 1 aliphatic carbocycles. The van der Waals surface area contributed by atoms with Crippen LogP contribution in [0.4, 0.5) is 0 Å². The number of benzene rings is 1. The molecule has 6 rings (SSSR count). The van der Waals surface area contributed by atoms with E-state index in [-0.39, 0.29) is 21.6 Å². The average molecular weight is 538 g/mol. The number of nitrogens with zero attached hydrogens (tertiary/aromatic N) is 4. The Kier molecular flexibility index (Phi) is 5.81. The van der Waals surface area contributed by atoms with E-state index in [0.29, 0.717) is 38.4 Å². The molecule has 1 fully saturated rings. The van der Waals surface area contributed by atoms with Crippen LogP contribution in [0.5, 0.6) is 0 Å². The molecule has 11 heteroatoms. The van der Waals surface area contributed by atoms with Crippen LogP contribution in [0, 0.1) is 0 Å². The van der Waals surface area contributed by atoms with Gasteiger partial charge in [-0.3, -0.25) is 9.59 Å². The Morgan fingerprint density at radius 2 is 1.89 bits per heavy atom. The van der Waals surface area contributed by atoms with Gasteiger partial charge >= 0.3 is 0 Å². The van der Waals surface area contributed by atoms with E-state index in [4.69, 9.17) is 10.2 Å². The number of nitrogens with two attached hydrogens (primary N) is 1. The predicted octanol–water partition coefficient (Wildman–Crippen LogP) is 2.77. The molecule has 1 atom stereocenters. The van der Waals surface area contributed by atoms with Gasteiger partial charge < -0.3 is 9.80 Å². The van der Waals surface area contributed by atoms with Crippen LogP contribution in [0.1, 0.15) is 57.7 Å². The van der Waals surface area contributed by atoms with E-state index >= 15 is 0 Å². The van der Waals surface area contributed by atoms with Crippen molar-refractivity contribution in [3.63, 3.8) is 0 Å². The standard InChI is InChI=1S/C26H27N5O4S2/c1-2-23(32)29-11-9-20-25-21(31(28-20)19-7-5-17(6-8-19)16-3-4-16)10-12-30(22(25)14-29)26(33)18-13-24(36-15-18)37(27,34)35/h2,5-8,13,15-16,22H,1,3-4,9-12,14H2,(H2,27,34,35)/t22-/m1/s1. The lowest BCUT2D eigenvalue weighted by Gasteiger charge is -2.37. The highest BCUT2D eigenvalue weighted by molar-refractivity contribution is 7.91. The van der Waals surface area contributed by atoms with E-state index in [0.717, 1.165) is 34.0 Å². The number of rotatable bonds is 5. The lowest BCUT2D eigenvalue weighted by molar-refractivity contribution is -0.126. The Balaban J connectivity index is 1.39. The van der Waals surface area contributed by atoms with Crippen molar-refractivity contribution < 1.29 is 18.0 Å². The van der Waals surface area contributed by atoms with E-state index in [1.807, 2.05) is 4.68 Å².